The minimum absolute atomic E-state index is 0.258. The van der Waals surface area contributed by atoms with E-state index >= 15 is 0 Å². The molecule has 1 unspecified atom stereocenters. The third-order valence-corrected chi connectivity index (χ3v) is 3.82. The Morgan fingerprint density at radius 2 is 2.38 bits per heavy atom. The SMILES string of the molecule is Cc1nc(C2CCN(Cc3cc(C#N)ccc3F)C2)n[nH]1. The second-order valence-electron chi connectivity index (χ2n) is 5.42. The van der Waals surface area contributed by atoms with E-state index < -0.39 is 0 Å². The van der Waals surface area contributed by atoms with E-state index in [2.05, 4.69) is 20.1 Å². The Balaban J connectivity index is 1.69. The van der Waals surface area contributed by atoms with Crippen LogP contribution in [-0.4, -0.2) is 33.2 Å². The number of aromatic nitrogens is 3. The van der Waals surface area contributed by atoms with Crippen molar-refractivity contribution in [3.8, 4) is 6.07 Å². The van der Waals surface area contributed by atoms with E-state index in [4.69, 9.17) is 5.26 Å². The van der Waals surface area contributed by atoms with Crippen molar-refractivity contribution in [1.29, 1.82) is 5.26 Å². The van der Waals surface area contributed by atoms with Crippen LogP contribution in [0.25, 0.3) is 0 Å². The van der Waals surface area contributed by atoms with Crippen LogP contribution in [-0.2, 0) is 6.54 Å². The van der Waals surface area contributed by atoms with Gasteiger partial charge in [-0.1, -0.05) is 0 Å². The molecule has 0 spiro atoms. The topological polar surface area (TPSA) is 68.6 Å². The molecule has 1 aliphatic heterocycles. The number of aromatic amines is 1. The summed E-state index contributed by atoms with van der Waals surface area (Å²) in [5.74, 6) is 1.68. The molecule has 3 rings (SSSR count). The number of hydrogen-bond acceptors (Lipinski definition) is 4. The second kappa shape index (κ2) is 5.62. The summed E-state index contributed by atoms with van der Waals surface area (Å²) >= 11 is 0. The molecule has 0 radical (unpaired) electrons. The van der Waals surface area contributed by atoms with Crippen LogP contribution in [0.1, 0.15) is 35.1 Å². The molecule has 1 aliphatic rings. The predicted molar refractivity (Wildman–Crippen MR) is 74.9 cm³/mol. The van der Waals surface area contributed by atoms with Crippen molar-refractivity contribution in [3.63, 3.8) is 0 Å². The number of nitrogens with zero attached hydrogens (tertiary/aromatic N) is 4. The molecule has 6 heteroatoms. The molecule has 2 aromatic rings. The lowest BCUT2D eigenvalue weighted by Crippen LogP contribution is -2.20. The molecule has 21 heavy (non-hydrogen) atoms. The summed E-state index contributed by atoms with van der Waals surface area (Å²) in [5, 5.41) is 16.0. The fourth-order valence-electron chi connectivity index (χ4n) is 2.74. The number of halogens is 1. The molecule has 0 saturated carbocycles. The third kappa shape index (κ3) is 2.93. The third-order valence-electron chi connectivity index (χ3n) is 3.82. The minimum Gasteiger partial charge on any atom is -0.298 e. The van der Waals surface area contributed by atoms with Crippen LogP contribution in [0.15, 0.2) is 18.2 Å². The highest BCUT2D eigenvalue weighted by atomic mass is 19.1. The quantitative estimate of drug-likeness (QED) is 0.937. The number of nitrogens with one attached hydrogen (secondary N) is 1. The van der Waals surface area contributed by atoms with E-state index in [1.54, 1.807) is 6.07 Å². The molecule has 1 saturated heterocycles. The van der Waals surface area contributed by atoms with Gasteiger partial charge in [-0.15, -0.1) is 0 Å². The number of hydrogen-bond donors (Lipinski definition) is 1. The number of likely N-dealkylation sites (tertiary alicyclic amines) is 1. The summed E-state index contributed by atoms with van der Waals surface area (Å²) < 4.78 is 13.8. The Hall–Kier alpha value is -2.26. The molecule has 1 aromatic carbocycles. The zero-order valence-electron chi connectivity index (χ0n) is 11.8. The Labute approximate surface area is 122 Å². The highest BCUT2D eigenvalue weighted by Crippen LogP contribution is 2.26. The molecule has 1 fully saturated rings. The van der Waals surface area contributed by atoms with E-state index in [-0.39, 0.29) is 11.7 Å². The van der Waals surface area contributed by atoms with Crippen LogP contribution in [0.2, 0.25) is 0 Å². The summed E-state index contributed by atoms with van der Waals surface area (Å²) in [5.41, 5.74) is 1.06. The number of benzene rings is 1. The molecule has 2 heterocycles. The first-order valence-electron chi connectivity index (χ1n) is 6.95. The van der Waals surface area contributed by atoms with Crippen LogP contribution in [0.5, 0.6) is 0 Å². The number of nitriles is 1. The molecule has 108 valence electrons. The van der Waals surface area contributed by atoms with Gasteiger partial charge < -0.3 is 0 Å². The monoisotopic (exact) mass is 285 g/mol. The van der Waals surface area contributed by atoms with Crippen molar-refractivity contribution >= 4 is 0 Å². The number of H-pyrrole nitrogens is 1. The van der Waals surface area contributed by atoms with E-state index in [0.29, 0.717) is 17.7 Å². The van der Waals surface area contributed by atoms with Crippen molar-refractivity contribution in [1.82, 2.24) is 20.1 Å². The Morgan fingerprint density at radius 1 is 1.52 bits per heavy atom. The molecule has 1 atom stereocenters. The van der Waals surface area contributed by atoms with Crippen molar-refractivity contribution in [3.05, 3.63) is 46.8 Å². The lowest BCUT2D eigenvalue weighted by Gasteiger charge is -2.16. The summed E-state index contributed by atoms with van der Waals surface area (Å²) in [7, 11) is 0. The molecular weight excluding hydrogens is 269 g/mol. The van der Waals surface area contributed by atoms with Crippen molar-refractivity contribution < 1.29 is 4.39 Å². The van der Waals surface area contributed by atoms with Crippen LogP contribution in [0.3, 0.4) is 0 Å². The fourth-order valence-corrected chi connectivity index (χ4v) is 2.74. The zero-order chi connectivity index (χ0) is 14.8. The smallest absolute Gasteiger partial charge is 0.155 e. The molecule has 0 amide bonds. The van der Waals surface area contributed by atoms with Crippen LogP contribution >= 0.6 is 0 Å². The molecule has 0 aliphatic carbocycles. The molecule has 5 nitrogen and oxygen atoms in total. The first-order valence-corrected chi connectivity index (χ1v) is 6.95. The summed E-state index contributed by atoms with van der Waals surface area (Å²) in [6, 6.07) is 6.54. The molecule has 0 bridgehead atoms. The van der Waals surface area contributed by atoms with Crippen molar-refractivity contribution in [2.45, 2.75) is 25.8 Å². The zero-order valence-corrected chi connectivity index (χ0v) is 11.8. The van der Waals surface area contributed by atoms with Gasteiger partial charge in [-0.3, -0.25) is 10.00 Å². The van der Waals surface area contributed by atoms with Gasteiger partial charge in [0.05, 0.1) is 11.6 Å². The largest absolute Gasteiger partial charge is 0.298 e. The maximum absolute atomic E-state index is 13.8. The van der Waals surface area contributed by atoms with Crippen LogP contribution in [0, 0.1) is 24.1 Å². The lowest BCUT2D eigenvalue weighted by molar-refractivity contribution is 0.320. The van der Waals surface area contributed by atoms with E-state index in [9.17, 15) is 4.39 Å². The molecular formula is C15H16FN5. The normalized spacial score (nSPS) is 18.8. The Kier molecular flexibility index (Phi) is 3.67. The first-order chi connectivity index (χ1) is 10.2. The van der Waals surface area contributed by atoms with Crippen molar-refractivity contribution in [2.24, 2.45) is 0 Å². The van der Waals surface area contributed by atoms with Gasteiger partial charge >= 0.3 is 0 Å². The summed E-state index contributed by atoms with van der Waals surface area (Å²) in [4.78, 5) is 6.55. The highest BCUT2D eigenvalue weighted by Gasteiger charge is 2.27. The maximum Gasteiger partial charge on any atom is 0.155 e. The van der Waals surface area contributed by atoms with Gasteiger partial charge in [-0.25, -0.2) is 9.37 Å². The van der Waals surface area contributed by atoms with Gasteiger partial charge in [-0.05, 0) is 38.1 Å². The average molecular weight is 285 g/mol. The molecule has 1 N–H and O–H groups in total. The van der Waals surface area contributed by atoms with Gasteiger partial charge in [0, 0.05) is 24.6 Å². The van der Waals surface area contributed by atoms with E-state index in [0.717, 1.165) is 31.2 Å². The van der Waals surface area contributed by atoms with E-state index in [1.165, 1.54) is 12.1 Å². The van der Waals surface area contributed by atoms with Crippen molar-refractivity contribution in [2.75, 3.05) is 13.1 Å². The fraction of sp³-hybridized carbons (Fsp3) is 0.400. The minimum atomic E-state index is -0.258. The summed E-state index contributed by atoms with van der Waals surface area (Å²) in [6.07, 6.45) is 0.969. The molecule has 1 aromatic heterocycles. The number of rotatable bonds is 3. The lowest BCUT2D eigenvalue weighted by atomic mass is 10.1. The van der Waals surface area contributed by atoms with Gasteiger partial charge in [-0.2, -0.15) is 10.4 Å². The Bertz CT molecular complexity index is 688. The maximum atomic E-state index is 13.8. The summed E-state index contributed by atoms with van der Waals surface area (Å²) in [6.45, 7) is 4.09. The average Bonchev–Trinajstić information content (AvgIpc) is 3.10. The number of aryl methyl sites for hydroxylation is 1. The first kappa shape index (κ1) is 13.7. The second-order valence-corrected chi connectivity index (χ2v) is 5.42. The van der Waals surface area contributed by atoms with Gasteiger partial charge in [0.15, 0.2) is 5.82 Å². The van der Waals surface area contributed by atoms with Gasteiger partial charge in [0.2, 0.25) is 0 Å². The van der Waals surface area contributed by atoms with E-state index in [1.807, 2.05) is 13.0 Å². The Morgan fingerprint density at radius 3 is 3.10 bits per heavy atom. The predicted octanol–water partition coefficient (Wildman–Crippen LogP) is 2.11. The highest BCUT2D eigenvalue weighted by molar-refractivity contribution is 5.33. The van der Waals surface area contributed by atoms with Crippen LogP contribution < -0.4 is 0 Å². The van der Waals surface area contributed by atoms with Gasteiger partial charge in [0.1, 0.15) is 11.6 Å². The van der Waals surface area contributed by atoms with Crippen LogP contribution in [0.4, 0.5) is 4.39 Å². The van der Waals surface area contributed by atoms with Gasteiger partial charge in [0.25, 0.3) is 0 Å². The standard InChI is InChI=1S/C15H16FN5/c1-10-18-15(20-19-10)12-4-5-21(8-12)9-13-6-11(7-17)2-3-14(13)16/h2-3,6,12H,4-5,8-9H2,1H3,(H,18,19,20).